The van der Waals surface area contributed by atoms with Crippen LogP contribution in [-0.2, 0) is 42.3 Å². The zero-order valence-electron chi connectivity index (χ0n) is 6.72. The molecule has 0 saturated heterocycles. The van der Waals surface area contributed by atoms with Crippen LogP contribution in [0.3, 0.4) is 0 Å². The first-order valence-corrected chi connectivity index (χ1v) is 3.43. The molecule has 3 nitrogen and oxygen atoms in total. The van der Waals surface area contributed by atoms with Gasteiger partial charge in [0.05, 0.1) is 0 Å². The third-order valence-corrected chi connectivity index (χ3v) is 1.12. The monoisotopic (exact) mass is 231 g/mol. The van der Waals surface area contributed by atoms with E-state index >= 15 is 0 Å². The number of carbonyl (C=O) groups is 1. The van der Waals surface area contributed by atoms with Crippen molar-refractivity contribution in [2.24, 2.45) is 0 Å². The second-order valence-corrected chi connectivity index (χ2v) is 2.02. The van der Waals surface area contributed by atoms with Gasteiger partial charge in [0.15, 0.2) is 0 Å². The van der Waals surface area contributed by atoms with Crippen molar-refractivity contribution in [3.63, 3.8) is 0 Å². The number of rotatable bonds is 5. The molecule has 0 heterocycles. The Hall–Kier alpha value is 0.244. The van der Waals surface area contributed by atoms with E-state index in [1.807, 2.05) is 6.92 Å². The van der Waals surface area contributed by atoms with Gasteiger partial charge in [-0.3, -0.25) is 4.79 Å². The molecule has 0 aliphatic rings. The van der Waals surface area contributed by atoms with Crippen LogP contribution >= 0.6 is 0 Å². The molecule has 0 saturated carbocycles. The third-order valence-electron chi connectivity index (χ3n) is 1.12. The minimum absolute atomic E-state index is 0. The Balaban J connectivity index is 0. The maximum atomic E-state index is 10.7. The summed E-state index contributed by atoms with van der Waals surface area (Å²) in [6.07, 6.45) is 3.98. The van der Waals surface area contributed by atoms with Crippen LogP contribution in [0.5, 0.6) is 0 Å². The van der Waals surface area contributed by atoms with E-state index in [1.165, 1.54) is 0 Å². The summed E-state index contributed by atoms with van der Waals surface area (Å²) >= 11 is 0. The van der Waals surface area contributed by atoms with Crippen LogP contribution in [0.15, 0.2) is 0 Å². The zero-order chi connectivity index (χ0) is 7.82. The fourth-order valence-electron chi connectivity index (χ4n) is 0.560. The molecule has 0 aliphatic heterocycles. The summed E-state index contributed by atoms with van der Waals surface area (Å²) in [4.78, 5) is 20.3. The molecule has 0 aromatic heterocycles. The molecule has 4 heteroatoms. The van der Waals surface area contributed by atoms with Crippen molar-refractivity contribution in [2.75, 3.05) is 6.54 Å². The summed E-state index contributed by atoms with van der Waals surface area (Å²) in [5.41, 5.74) is 0. The van der Waals surface area contributed by atoms with Gasteiger partial charge >= 0.3 is 0 Å². The Labute approximate surface area is 92.2 Å². The van der Waals surface area contributed by atoms with Crippen LogP contribution in [-0.4, -0.2) is 18.7 Å². The van der Waals surface area contributed by atoms with E-state index in [2.05, 4.69) is 5.32 Å². The average Bonchev–Trinajstić information content (AvgIpc) is 1.97. The Morgan fingerprint density at radius 3 is 2.64 bits per heavy atom. The first-order valence-electron chi connectivity index (χ1n) is 3.43. The van der Waals surface area contributed by atoms with Gasteiger partial charge in [-0.15, -0.1) is 0 Å². The molecular formula is C7H12NO2Y-. The van der Waals surface area contributed by atoms with Crippen molar-refractivity contribution in [3.8, 4) is 0 Å². The minimum Gasteiger partial charge on any atom is -0.540 e. The van der Waals surface area contributed by atoms with Gasteiger partial charge in [-0.2, -0.15) is 0 Å². The van der Waals surface area contributed by atoms with Gasteiger partial charge < -0.3 is 10.1 Å². The first kappa shape index (κ1) is 13.8. The number of hydrogen-bond acceptors (Lipinski definition) is 2. The smallest absolute Gasteiger partial charge is 0.217 e. The normalized spacial score (nSPS) is 8.09. The van der Waals surface area contributed by atoms with Crippen molar-refractivity contribution < 1.29 is 42.3 Å². The van der Waals surface area contributed by atoms with Crippen molar-refractivity contribution in [1.82, 2.24) is 5.32 Å². The summed E-state index contributed by atoms with van der Waals surface area (Å²) in [6, 6.07) is 0. The largest absolute Gasteiger partial charge is 0.540 e. The SMILES string of the molecule is CCCCC(=O)NC[C-]=O.[Y]. The van der Waals surface area contributed by atoms with Crippen molar-refractivity contribution in [3.05, 3.63) is 0 Å². The van der Waals surface area contributed by atoms with Crippen LogP contribution in [0.4, 0.5) is 0 Å². The molecule has 1 radical (unpaired) electrons. The van der Waals surface area contributed by atoms with E-state index in [4.69, 9.17) is 0 Å². The molecule has 11 heavy (non-hydrogen) atoms. The minimum atomic E-state index is -0.0646. The summed E-state index contributed by atoms with van der Waals surface area (Å²) < 4.78 is 0. The molecule has 0 atom stereocenters. The number of carbonyl (C=O) groups excluding carboxylic acids is 2. The molecule has 0 fully saturated rings. The zero-order valence-corrected chi connectivity index (χ0v) is 9.56. The Morgan fingerprint density at radius 2 is 2.18 bits per heavy atom. The summed E-state index contributed by atoms with van der Waals surface area (Å²) in [7, 11) is 0. The number of hydrogen-bond donors (Lipinski definition) is 1. The number of unbranched alkanes of at least 4 members (excludes halogenated alkanes) is 1. The van der Waals surface area contributed by atoms with Crippen LogP contribution < -0.4 is 5.32 Å². The molecule has 0 rings (SSSR count). The topological polar surface area (TPSA) is 46.2 Å². The van der Waals surface area contributed by atoms with Gasteiger partial charge in [-0.05, 0) is 6.42 Å². The Kier molecular flexibility index (Phi) is 12.9. The van der Waals surface area contributed by atoms with Gasteiger partial charge in [0.1, 0.15) is 0 Å². The van der Waals surface area contributed by atoms with Gasteiger partial charge in [0.25, 0.3) is 0 Å². The molecule has 1 N–H and O–H groups in total. The van der Waals surface area contributed by atoms with E-state index in [0.29, 0.717) is 6.42 Å². The van der Waals surface area contributed by atoms with E-state index in [1.54, 1.807) is 6.29 Å². The molecule has 0 spiro atoms. The summed E-state index contributed by atoms with van der Waals surface area (Å²) in [6.45, 7) is 2.03. The number of nitrogens with one attached hydrogen (secondary N) is 1. The third kappa shape index (κ3) is 10.2. The van der Waals surface area contributed by atoms with Crippen LogP contribution in [0.2, 0.25) is 0 Å². The molecule has 61 valence electrons. The predicted molar refractivity (Wildman–Crippen MR) is 38.2 cm³/mol. The second-order valence-electron chi connectivity index (χ2n) is 2.02. The van der Waals surface area contributed by atoms with Crippen molar-refractivity contribution >= 4 is 12.2 Å². The molecule has 0 aromatic carbocycles. The second kappa shape index (κ2) is 10.2. The summed E-state index contributed by atoms with van der Waals surface area (Å²) in [5.74, 6) is -0.0646. The van der Waals surface area contributed by atoms with E-state index in [0.717, 1.165) is 12.8 Å². The van der Waals surface area contributed by atoms with Crippen LogP contribution in [0, 0.1) is 0 Å². The quantitative estimate of drug-likeness (QED) is 0.696. The van der Waals surface area contributed by atoms with Gasteiger partial charge in [-0.1, -0.05) is 19.9 Å². The molecule has 0 unspecified atom stereocenters. The van der Waals surface area contributed by atoms with E-state index in [-0.39, 0.29) is 45.2 Å². The first-order chi connectivity index (χ1) is 4.81. The van der Waals surface area contributed by atoms with Crippen molar-refractivity contribution in [1.29, 1.82) is 0 Å². The van der Waals surface area contributed by atoms with Crippen LogP contribution in [0.25, 0.3) is 0 Å². The standard InChI is InChI=1S/C7H12NO2.Y/c1-2-3-4-7(10)8-5-6-9;/h2-5H2,1H3,(H,8,10);/q-1;. The van der Waals surface area contributed by atoms with Crippen molar-refractivity contribution in [2.45, 2.75) is 26.2 Å². The molecular weight excluding hydrogens is 219 g/mol. The Morgan fingerprint density at radius 1 is 1.55 bits per heavy atom. The fourth-order valence-corrected chi connectivity index (χ4v) is 0.560. The number of amides is 1. The average molecular weight is 231 g/mol. The van der Waals surface area contributed by atoms with E-state index in [9.17, 15) is 9.59 Å². The molecule has 0 aromatic rings. The maximum absolute atomic E-state index is 10.7. The Bertz CT molecular complexity index is 117. The molecule has 0 bridgehead atoms. The fraction of sp³-hybridized carbons (Fsp3) is 0.714. The van der Waals surface area contributed by atoms with Gasteiger partial charge in [-0.25, -0.2) is 6.29 Å². The molecule has 1 amide bonds. The van der Waals surface area contributed by atoms with Gasteiger partial charge in [0.2, 0.25) is 5.91 Å². The van der Waals surface area contributed by atoms with Gasteiger partial charge in [0, 0.05) is 39.1 Å². The summed E-state index contributed by atoms with van der Waals surface area (Å²) in [5, 5.41) is 2.40. The van der Waals surface area contributed by atoms with E-state index < -0.39 is 0 Å². The predicted octanol–water partition coefficient (Wildman–Crippen LogP) is 0.400. The van der Waals surface area contributed by atoms with Crippen LogP contribution in [0.1, 0.15) is 26.2 Å². The maximum Gasteiger partial charge on any atom is 0.217 e. The molecule has 0 aliphatic carbocycles.